The summed E-state index contributed by atoms with van der Waals surface area (Å²) in [5.41, 5.74) is 1.38. The Morgan fingerprint density at radius 1 is 1.07 bits per heavy atom. The number of carbonyl (C=O) groups excluding carboxylic acids is 1. The van der Waals surface area contributed by atoms with Gasteiger partial charge >= 0.3 is 0 Å². The van der Waals surface area contributed by atoms with E-state index in [1.165, 1.54) is 26.0 Å². The summed E-state index contributed by atoms with van der Waals surface area (Å²) >= 11 is 0. The van der Waals surface area contributed by atoms with Crippen molar-refractivity contribution in [1.29, 1.82) is 0 Å². The summed E-state index contributed by atoms with van der Waals surface area (Å²) in [6.07, 6.45) is 0. The predicted octanol–water partition coefficient (Wildman–Crippen LogP) is 2.34. The molecular formula is C19H24N2O5S. The van der Waals surface area contributed by atoms with Gasteiger partial charge in [-0.05, 0) is 36.8 Å². The Kier molecular flexibility index (Phi) is 6.81. The van der Waals surface area contributed by atoms with Crippen LogP contribution in [0.5, 0.6) is 11.5 Å². The fraction of sp³-hybridized carbons (Fsp3) is 0.316. The van der Waals surface area contributed by atoms with Crippen molar-refractivity contribution in [2.75, 3.05) is 32.2 Å². The number of anilines is 1. The third kappa shape index (κ3) is 4.99. The molecule has 0 saturated carbocycles. The highest BCUT2D eigenvalue weighted by molar-refractivity contribution is 7.89. The van der Waals surface area contributed by atoms with Gasteiger partial charge in [-0.1, -0.05) is 18.2 Å². The minimum absolute atomic E-state index is 0.0387. The average molecular weight is 392 g/mol. The first-order valence-electron chi connectivity index (χ1n) is 8.35. The SMILES string of the molecule is COc1ccccc1N(CCNS(=O)(=O)c1cc(C)ccc1OC)C(C)=O. The van der Waals surface area contributed by atoms with E-state index in [2.05, 4.69) is 4.72 Å². The van der Waals surface area contributed by atoms with Crippen LogP contribution in [0.4, 0.5) is 5.69 Å². The van der Waals surface area contributed by atoms with Crippen molar-refractivity contribution in [3.05, 3.63) is 48.0 Å². The molecule has 27 heavy (non-hydrogen) atoms. The highest BCUT2D eigenvalue weighted by Gasteiger charge is 2.21. The third-order valence-corrected chi connectivity index (χ3v) is 5.47. The highest BCUT2D eigenvalue weighted by Crippen LogP contribution is 2.28. The van der Waals surface area contributed by atoms with Crippen molar-refractivity contribution in [2.24, 2.45) is 0 Å². The van der Waals surface area contributed by atoms with Crippen molar-refractivity contribution in [2.45, 2.75) is 18.7 Å². The number of para-hydroxylation sites is 2. The number of aryl methyl sites for hydroxylation is 1. The van der Waals surface area contributed by atoms with Gasteiger partial charge in [0.15, 0.2) is 0 Å². The molecule has 0 radical (unpaired) electrons. The van der Waals surface area contributed by atoms with Gasteiger partial charge in [-0.25, -0.2) is 13.1 Å². The molecule has 0 saturated heterocycles. The monoisotopic (exact) mass is 392 g/mol. The summed E-state index contributed by atoms with van der Waals surface area (Å²) in [6, 6.07) is 12.0. The molecule has 2 aromatic rings. The molecule has 0 aliphatic heterocycles. The number of carbonyl (C=O) groups is 1. The lowest BCUT2D eigenvalue weighted by atomic mass is 10.2. The van der Waals surface area contributed by atoms with Crippen LogP contribution in [0.3, 0.4) is 0 Å². The quantitative estimate of drug-likeness (QED) is 0.745. The number of hydrogen-bond acceptors (Lipinski definition) is 5. The van der Waals surface area contributed by atoms with Crippen molar-refractivity contribution in [3.8, 4) is 11.5 Å². The van der Waals surface area contributed by atoms with Crippen LogP contribution in [-0.2, 0) is 14.8 Å². The molecule has 8 heteroatoms. The second kappa shape index (κ2) is 8.88. The number of hydrogen-bond donors (Lipinski definition) is 1. The minimum atomic E-state index is -3.79. The molecule has 0 aliphatic carbocycles. The molecule has 0 atom stereocenters. The Balaban J connectivity index is 2.17. The standard InChI is InChI=1S/C19H24N2O5S/c1-14-9-10-18(26-4)19(13-14)27(23,24)20-11-12-21(15(2)22)16-7-5-6-8-17(16)25-3/h5-10,13,20H,11-12H2,1-4H3. The van der Waals surface area contributed by atoms with Gasteiger partial charge in [0, 0.05) is 20.0 Å². The molecular weight excluding hydrogens is 368 g/mol. The van der Waals surface area contributed by atoms with Crippen molar-refractivity contribution < 1.29 is 22.7 Å². The molecule has 7 nitrogen and oxygen atoms in total. The molecule has 1 N–H and O–H groups in total. The van der Waals surface area contributed by atoms with Crippen LogP contribution in [-0.4, -0.2) is 41.6 Å². The number of ether oxygens (including phenoxy) is 2. The molecule has 2 rings (SSSR count). The number of sulfonamides is 1. The van der Waals surface area contributed by atoms with Gasteiger partial charge in [0.2, 0.25) is 15.9 Å². The first kappa shape index (κ1) is 20.7. The molecule has 0 aromatic heterocycles. The number of amides is 1. The Hall–Kier alpha value is -2.58. The number of methoxy groups -OCH3 is 2. The number of nitrogens with one attached hydrogen (secondary N) is 1. The number of nitrogens with zero attached hydrogens (tertiary/aromatic N) is 1. The van der Waals surface area contributed by atoms with E-state index in [0.29, 0.717) is 11.4 Å². The average Bonchev–Trinajstić information content (AvgIpc) is 2.65. The van der Waals surface area contributed by atoms with E-state index in [1.807, 2.05) is 0 Å². The summed E-state index contributed by atoms with van der Waals surface area (Å²) in [6.45, 7) is 3.42. The molecule has 2 aromatic carbocycles. The van der Waals surface area contributed by atoms with E-state index in [9.17, 15) is 13.2 Å². The normalized spacial score (nSPS) is 11.1. The van der Waals surface area contributed by atoms with E-state index in [1.54, 1.807) is 49.4 Å². The summed E-state index contributed by atoms with van der Waals surface area (Å²) < 4.78 is 38.3. The zero-order valence-corrected chi connectivity index (χ0v) is 16.7. The molecule has 0 fully saturated rings. The lowest BCUT2D eigenvalue weighted by molar-refractivity contribution is -0.116. The van der Waals surface area contributed by atoms with Gasteiger partial charge in [-0.2, -0.15) is 0 Å². The zero-order chi connectivity index (χ0) is 20.0. The molecule has 0 aliphatic rings. The largest absolute Gasteiger partial charge is 0.495 e. The van der Waals surface area contributed by atoms with E-state index in [4.69, 9.17) is 9.47 Å². The van der Waals surface area contributed by atoms with Gasteiger partial charge in [0.1, 0.15) is 16.4 Å². The van der Waals surface area contributed by atoms with E-state index in [-0.39, 0.29) is 29.6 Å². The van der Waals surface area contributed by atoms with Crippen molar-refractivity contribution in [1.82, 2.24) is 4.72 Å². The maximum absolute atomic E-state index is 12.7. The van der Waals surface area contributed by atoms with Gasteiger partial charge < -0.3 is 14.4 Å². The lowest BCUT2D eigenvalue weighted by Gasteiger charge is -2.23. The fourth-order valence-corrected chi connectivity index (χ4v) is 3.94. The van der Waals surface area contributed by atoms with Gasteiger partial charge in [0.25, 0.3) is 0 Å². The van der Waals surface area contributed by atoms with Crippen LogP contribution in [0, 0.1) is 6.92 Å². The molecule has 0 bridgehead atoms. The molecule has 0 spiro atoms. The number of rotatable bonds is 8. The maximum atomic E-state index is 12.7. The highest BCUT2D eigenvalue weighted by atomic mass is 32.2. The first-order valence-corrected chi connectivity index (χ1v) is 9.84. The van der Waals surface area contributed by atoms with Crippen LogP contribution in [0.1, 0.15) is 12.5 Å². The summed E-state index contributed by atoms with van der Waals surface area (Å²) in [7, 11) is -0.852. The van der Waals surface area contributed by atoms with Crippen LogP contribution in [0.15, 0.2) is 47.4 Å². The van der Waals surface area contributed by atoms with E-state index < -0.39 is 10.0 Å². The van der Waals surface area contributed by atoms with E-state index >= 15 is 0 Å². The zero-order valence-electron chi connectivity index (χ0n) is 15.9. The topological polar surface area (TPSA) is 84.9 Å². The second-order valence-electron chi connectivity index (χ2n) is 5.89. The van der Waals surface area contributed by atoms with Gasteiger partial charge in [0.05, 0.1) is 19.9 Å². The molecule has 0 unspecified atom stereocenters. The third-order valence-electron chi connectivity index (χ3n) is 3.99. The Morgan fingerprint density at radius 3 is 2.37 bits per heavy atom. The van der Waals surface area contributed by atoms with Crippen molar-refractivity contribution in [3.63, 3.8) is 0 Å². The Labute approximate surface area is 160 Å². The van der Waals surface area contributed by atoms with Gasteiger partial charge in [-0.15, -0.1) is 0 Å². The first-order chi connectivity index (χ1) is 12.8. The van der Waals surface area contributed by atoms with Crippen LogP contribution < -0.4 is 19.1 Å². The van der Waals surface area contributed by atoms with Crippen LogP contribution in [0.2, 0.25) is 0 Å². The molecule has 146 valence electrons. The van der Waals surface area contributed by atoms with Crippen LogP contribution in [0.25, 0.3) is 0 Å². The van der Waals surface area contributed by atoms with Crippen LogP contribution >= 0.6 is 0 Å². The number of benzene rings is 2. The molecule has 0 heterocycles. The second-order valence-corrected chi connectivity index (χ2v) is 7.63. The predicted molar refractivity (Wildman–Crippen MR) is 104 cm³/mol. The Morgan fingerprint density at radius 2 is 1.74 bits per heavy atom. The summed E-state index contributed by atoms with van der Waals surface area (Å²) in [5, 5.41) is 0. The molecule has 1 amide bonds. The lowest BCUT2D eigenvalue weighted by Crippen LogP contribution is -2.37. The summed E-state index contributed by atoms with van der Waals surface area (Å²) in [4.78, 5) is 13.6. The fourth-order valence-electron chi connectivity index (χ4n) is 2.66. The van der Waals surface area contributed by atoms with E-state index in [0.717, 1.165) is 5.56 Å². The minimum Gasteiger partial charge on any atom is -0.495 e. The van der Waals surface area contributed by atoms with Gasteiger partial charge in [-0.3, -0.25) is 4.79 Å². The summed E-state index contributed by atoms with van der Waals surface area (Å²) in [5.74, 6) is 0.587. The smallest absolute Gasteiger partial charge is 0.244 e. The van der Waals surface area contributed by atoms with Crippen molar-refractivity contribution >= 4 is 21.6 Å². The Bertz CT molecular complexity index is 912. The maximum Gasteiger partial charge on any atom is 0.244 e.